The van der Waals surface area contributed by atoms with Crippen LogP contribution in [-0.2, 0) is 11.4 Å². The SMILES string of the molecule is CC(=O)Nc1ccc(OCc2nc3ccc(C#N)cc3n2[C@@H](C)c2ccccc2)cn1. The van der Waals surface area contributed by atoms with Crippen LogP contribution >= 0.6 is 0 Å². The first-order chi connectivity index (χ1) is 15.0. The minimum absolute atomic E-state index is 0.000916. The molecular formula is C24H21N5O2. The van der Waals surface area contributed by atoms with Crippen LogP contribution in [0.5, 0.6) is 5.75 Å². The Morgan fingerprint density at radius 3 is 2.68 bits per heavy atom. The normalized spacial score (nSPS) is 11.6. The van der Waals surface area contributed by atoms with Gasteiger partial charge in [0.2, 0.25) is 5.91 Å². The van der Waals surface area contributed by atoms with Crippen LogP contribution in [0.1, 0.15) is 36.8 Å². The number of amides is 1. The van der Waals surface area contributed by atoms with E-state index in [4.69, 9.17) is 9.72 Å². The molecule has 0 aliphatic carbocycles. The highest BCUT2D eigenvalue weighted by molar-refractivity contribution is 5.87. The Labute approximate surface area is 179 Å². The molecule has 2 aromatic heterocycles. The van der Waals surface area contributed by atoms with Crippen molar-refractivity contribution in [2.75, 3.05) is 5.32 Å². The lowest BCUT2D eigenvalue weighted by Crippen LogP contribution is -2.13. The number of anilines is 1. The summed E-state index contributed by atoms with van der Waals surface area (Å²) in [6, 6.07) is 21.2. The Morgan fingerprint density at radius 1 is 1.19 bits per heavy atom. The summed E-state index contributed by atoms with van der Waals surface area (Å²) in [5, 5.41) is 12.0. The second-order valence-electron chi connectivity index (χ2n) is 7.15. The molecule has 7 nitrogen and oxygen atoms in total. The fourth-order valence-corrected chi connectivity index (χ4v) is 3.49. The second kappa shape index (κ2) is 8.67. The number of hydrogen-bond donors (Lipinski definition) is 1. The van der Waals surface area contributed by atoms with E-state index in [1.165, 1.54) is 6.92 Å². The number of imidazole rings is 1. The van der Waals surface area contributed by atoms with Crippen LogP contribution in [0, 0.1) is 11.3 Å². The van der Waals surface area contributed by atoms with Gasteiger partial charge in [0.05, 0.1) is 34.9 Å². The van der Waals surface area contributed by atoms with Crippen LogP contribution in [0.15, 0.2) is 66.9 Å². The van der Waals surface area contributed by atoms with Crippen LogP contribution in [-0.4, -0.2) is 20.4 Å². The van der Waals surface area contributed by atoms with Crippen molar-refractivity contribution in [3.63, 3.8) is 0 Å². The van der Waals surface area contributed by atoms with Crippen molar-refractivity contribution in [2.45, 2.75) is 26.5 Å². The van der Waals surface area contributed by atoms with Gasteiger partial charge in [0.1, 0.15) is 24.0 Å². The average Bonchev–Trinajstić information content (AvgIpc) is 3.15. The first-order valence-electron chi connectivity index (χ1n) is 9.87. The molecular weight excluding hydrogens is 390 g/mol. The third-order valence-electron chi connectivity index (χ3n) is 4.97. The van der Waals surface area contributed by atoms with Gasteiger partial charge >= 0.3 is 0 Å². The number of carbonyl (C=O) groups is 1. The summed E-state index contributed by atoms with van der Waals surface area (Å²) in [6.07, 6.45) is 1.56. The number of carbonyl (C=O) groups excluding carboxylic acids is 1. The van der Waals surface area contributed by atoms with Crippen molar-refractivity contribution >= 4 is 22.8 Å². The van der Waals surface area contributed by atoms with E-state index >= 15 is 0 Å². The van der Waals surface area contributed by atoms with E-state index < -0.39 is 0 Å². The minimum atomic E-state index is -0.179. The molecule has 0 bridgehead atoms. The Hall–Kier alpha value is -4.18. The summed E-state index contributed by atoms with van der Waals surface area (Å²) in [5.41, 5.74) is 3.40. The number of benzene rings is 2. The van der Waals surface area contributed by atoms with Gasteiger partial charge in [0, 0.05) is 6.92 Å². The summed E-state index contributed by atoms with van der Waals surface area (Å²) < 4.78 is 8.04. The van der Waals surface area contributed by atoms with E-state index in [1.54, 1.807) is 24.4 Å². The van der Waals surface area contributed by atoms with E-state index in [-0.39, 0.29) is 18.6 Å². The zero-order chi connectivity index (χ0) is 21.8. The van der Waals surface area contributed by atoms with E-state index in [9.17, 15) is 10.1 Å². The lowest BCUT2D eigenvalue weighted by Gasteiger charge is -2.18. The highest BCUT2D eigenvalue weighted by Gasteiger charge is 2.18. The van der Waals surface area contributed by atoms with Crippen LogP contribution < -0.4 is 10.1 Å². The van der Waals surface area contributed by atoms with Gasteiger partial charge in [-0.2, -0.15) is 5.26 Å². The maximum absolute atomic E-state index is 11.1. The van der Waals surface area contributed by atoms with Crippen molar-refractivity contribution in [3.8, 4) is 11.8 Å². The molecule has 0 fully saturated rings. The Balaban J connectivity index is 1.66. The van der Waals surface area contributed by atoms with Gasteiger partial charge in [-0.3, -0.25) is 4.79 Å². The molecule has 7 heteroatoms. The summed E-state index contributed by atoms with van der Waals surface area (Å²) >= 11 is 0. The Bertz CT molecular complexity index is 1260. The maximum atomic E-state index is 11.1. The first kappa shape index (κ1) is 20.1. The molecule has 0 unspecified atom stereocenters. The third kappa shape index (κ3) is 4.38. The fraction of sp³-hybridized carbons (Fsp3) is 0.167. The lowest BCUT2D eigenvalue weighted by molar-refractivity contribution is -0.114. The van der Waals surface area contributed by atoms with Crippen molar-refractivity contribution in [1.29, 1.82) is 5.26 Å². The zero-order valence-corrected chi connectivity index (χ0v) is 17.2. The number of nitriles is 1. The number of nitrogens with one attached hydrogen (secondary N) is 1. The molecule has 0 spiro atoms. The molecule has 0 radical (unpaired) electrons. The summed E-state index contributed by atoms with van der Waals surface area (Å²) in [4.78, 5) is 20.1. The number of rotatable bonds is 6. The number of fused-ring (bicyclic) bond motifs is 1. The topological polar surface area (TPSA) is 92.8 Å². The largest absolute Gasteiger partial charge is 0.484 e. The predicted molar refractivity (Wildman–Crippen MR) is 118 cm³/mol. The molecule has 154 valence electrons. The monoisotopic (exact) mass is 411 g/mol. The molecule has 2 aromatic carbocycles. The van der Waals surface area contributed by atoms with Crippen molar-refractivity contribution < 1.29 is 9.53 Å². The highest BCUT2D eigenvalue weighted by atomic mass is 16.5. The van der Waals surface area contributed by atoms with Crippen LogP contribution in [0.4, 0.5) is 5.82 Å². The Kier molecular flexibility index (Phi) is 5.63. The van der Waals surface area contributed by atoms with Gasteiger partial charge in [-0.05, 0) is 42.8 Å². The molecule has 4 rings (SSSR count). The first-order valence-corrected chi connectivity index (χ1v) is 9.87. The molecule has 0 saturated carbocycles. The number of aromatic nitrogens is 3. The molecule has 0 aliphatic heterocycles. The summed E-state index contributed by atoms with van der Waals surface area (Å²) in [7, 11) is 0. The molecule has 0 aliphatic rings. The van der Waals surface area contributed by atoms with E-state index in [0.717, 1.165) is 22.4 Å². The third-order valence-corrected chi connectivity index (χ3v) is 4.97. The highest BCUT2D eigenvalue weighted by Crippen LogP contribution is 2.27. The Morgan fingerprint density at radius 2 is 2.00 bits per heavy atom. The van der Waals surface area contributed by atoms with Crippen LogP contribution in [0.3, 0.4) is 0 Å². The van der Waals surface area contributed by atoms with E-state index in [0.29, 0.717) is 17.1 Å². The van der Waals surface area contributed by atoms with Gasteiger partial charge in [-0.1, -0.05) is 30.3 Å². The molecule has 4 aromatic rings. The van der Waals surface area contributed by atoms with Gasteiger partial charge in [0.15, 0.2) is 0 Å². The van der Waals surface area contributed by atoms with Crippen molar-refractivity contribution in [1.82, 2.24) is 14.5 Å². The molecule has 1 atom stereocenters. The zero-order valence-electron chi connectivity index (χ0n) is 17.2. The molecule has 1 N–H and O–H groups in total. The van der Waals surface area contributed by atoms with Gasteiger partial charge in [0.25, 0.3) is 0 Å². The number of hydrogen-bond acceptors (Lipinski definition) is 5. The quantitative estimate of drug-likeness (QED) is 0.506. The number of pyridine rings is 1. The molecule has 0 saturated heterocycles. The molecule has 31 heavy (non-hydrogen) atoms. The fourth-order valence-electron chi connectivity index (χ4n) is 3.49. The smallest absolute Gasteiger partial charge is 0.222 e. The number of nitrogens with zero attached hydrogens (tertiary/aromatic N) is 4. The maximum Gasteiger partial charge on any atom is 0.222 e. The standard InChI is InChI=1S/C24H21N5O2/c1-16(19-6-4-3-5-7-19)29-22-12-18(13-25)8-10-21(22)28-24(29)15-31-20-9-11-23(26-14-20)27-17(2)30/h3-12,14,16H,15H2,1-2H3,(H,26,27,30)/t16-/m0/s1. The van der Waals surface area contributed by atoms with Gasteiger partial charge < -0.3 is 14.6 Å². The number of ether oxygens (including phenoxy) is 1. The van der Waals surface area contributed by atoms with Crippen LogP contribution in [0.2, 0.25) is 0 Å². The van der Waals surface area contributed by atoms with Crippen molar-refractivity contribution in [2.24, 2.45) is 0 Å². The second-order valence-corrected chi connectivity index (χ2v) is 7.15. The molecule has 2 heterocycles. The van der Waals surface area contributed by atoms with Gasteiger partial charge in [-0.15, -0.1) is 0 Å². The average molecular weight is 411 g/mol. The van der Waals surface area contributed by atoms with Crippen molar-refractivity contribution in [3.05, 3.63) is 83.8 Å². The van der Waals surface area contributed by atoms with E-state index in [2.05, 4.69) is 40.0 Å². The van der Waals surface area contributed by atoms with Crippen LogP contribution in [0.25, 0.3) is 11.0 Å². The van der Waals surface area contributed by atoms with E-state index in [1.807, 2.05) is 30.3 Å². The lowest BCUT2D eigenvalue weighted by atomic mass is 10.1. The summed E-state index contributed by atoms with van der Waals surface area (Å²) in [6.45, 7) is 3.76. The summed E-state index contributed by atoms with van der Waals surface area (Å²) in [5.74, 6) is 1.60. The van der Waals surface area contributed by atoms with Gasteiger partial charge in [-0.25, -0.2) is 9.97 Å². The molecule has 1 amide bonds. The predicted octanol–water partition coefficient (Wildman–Crippen LogP) is 4.45. The minimum Gasteiger partial charge on any atom is -0.484 e.